The highest BCUT2D eigenvalue weighted by atomic mass is 19.4. The molecule has 0 amide bonds. The van der Waals surface area contributed by atoms with Gasteiger partial charge >= 0.3 is 6.18 Å². The molecule has 100 valence electrons. The predicted molar refractivity (Wildman–Crippen MR) is 62.2 cm³/mol. The molecule has 0 radical (unpaired) electrons. The molecule has 1 aromatic heterocycles. The first-order valence-corrected chi connectivity index (χ1v) is 5.52. The van der Waals surface area contributed by atoms with Gasteiger partial charge in [0, 0.05) is 11.3 Å². The smallest absolute Gasteiger partial charge is 0.299 e. The molecule has 0 atom stereocenters. The molecule has 0 aliphatic heterocycles. The monoisotopic (exact) mass is 260 g/mol. The molecule has 6 heteroatoms. The molecule has 0 fully saturated rings. The van der Waals surface area contributed by atoms with Crippen molar-refractivity contribution in [3.05, 3.63) is 23.0 Å². The summed E-state index contributed by atoms with van der Waals surface area (Å²) in [5.74, 6) is -0.0902. The van der Waals surface area contributed by atoms with Crippen molar-refractivity contribution < 1.29 is 18.0 Å². The standard InChI is InChI=1S/C12H15F3N2O/c1-7(2)10-9(6-12(13,14)15)11(17-16-10)8(3)4-5-18/h4-5,7H,6H2,1-3H3,(H,16,17)/b8-4+. The summed E-state index contributed by atoms with van der Waals surface area (Å²) in [5.41, 5.74) is 1.21. The quantitative estimate of drug-likeness (QED) is 0.667. The number of rotatable bonds is 4. The van der Waals surface area contributed by atoms with Crippen LogP contribution < -0.4 is 0 Å². The Hall–Kier alpha value is -1.59. The van der Waals surface area contributed by atoms with E-state index in [1.165, 1.54) is 6.08 Å². The number of hydrogen-bond acceptors (Lipinski definition) is 2. The maximum atomic E-state index is 12.6. The van der Waals surface area contributed by atoms with E-state index in [2.05, 4.69) is 10.2 Å². The minimum Gasteiger partial charge on any atom is -0.299 e. The van der Waals surface area contributed by atoms with Gasteiger partial charge in [0.1, 0.15) is 6.29 Å². The summed E-state index contributed by atoms with van der Waals surface area (Å²) in [5, 5.41) is 6.52. The minimum absolute atomic E-state index is 0.0902. The van der Waals surface area contributed by atoms with Gasteiger partial charge in [0.15, 0.2) is 0 Å². The third-order valence-corrected chi connectivity index (χ3v) is 2.55. The molecule has 3 nitrogen and oxygen atoms in total. The third kappa shape index (κ3) is 3.45. The highest BCUT2D eigenvalue weighted by Crippen LogP contribution is 2.30. The number of nitrogens with zero attached hydrogens (tertiary/aromatic N) is 1. The highest BCUT2D eigenvalue weighted by Gasteiger charge is 2.32. The third-order valence-electron chi connectivity index (χ3n) is 2.55. The van der Waals surface area contributed by atoms with Crippen molar-refractivity contribution in [3.8, 4) is 0 Å². The zero-order valence-electron chi connectivity index (χ0n) is 10.4. The van der Waals surface area contributed by atoms with E-state index in [0.29, 0.717) is 17.6 Å². The van der Waals surface area contributed by atoms with Crippen molar-refractivity contribution >= 4 is 11.9 Å². The molecule has 0 aromatic carbocycles. The number of H-pyrrole nitrogens is 1. The normalized spacial score (nSPS) is 13.2. The summed E-state index contributed by atoms with van der Waals surface area (Å²) >= 11 is 0. The van der Waals surface area contributed by atoms with Crippen molar-refractivity contribution in [3.63, 3.8) is 0 Å². The van der Waals surface area contributed by atoms with Crippen LogP contribution in [0.25, 0.3) is 5.57 Å². The van der Waals surface area contributed by atoms with Gasteiger partial charge in [-0.15, -0.1) is 0 Å². The second-order valence-corrected chi connectivity index (χ2v) is 4.40. The highest BCUT2D eigenvalue weighted by molar-refractivity contribution is 5.80. The molecule has 0 spiro atoms. The van der Waals surface area contributed by atoms with Crippen LogP contribution in [0.2, 0.25) is 0 Å². The number of aromatic amines is 1. The second kappa shape index (κ2) is 5.37. The molecule has 0 unspecified atom stereocenters. The van der Waals surface area contributed by atoms with Gasteiger partial charge in [0.25, 0.3) is 0 Å². The lowest BCUT2D eigenvalue weighted by atomic mass is 9.98. The van der Waals surface area contributed by atoms with Gasteiger partial charge in [-0.25, -0.2) is 0 Å². The fraction of sp³-hybridized carbons (Fsp3) is 0.500. The number of nitrogens with one attached hydrogen (secondary N) is 1. The van der Waals surface area contributed by atoms with E-state index < -0.39 is 12.6 Å². The molecule has 1 rings (SSSR count). The zero-order chi connectivity index (χ0) is 13.9. The Morgan fingerprint density at radius 1 is 1.44 bits per heavy atom. The maximum Gasteiger partial charge on any atom is 0.393 e. The molecule has 1 heterocycles. The van der Waals surface area contributed by atoms with Crippen molar-refractivity contribution in [1.29, 1.82) is 0 Å². The van der Waals surface area contributed by atoms with Crippen LogP contribution in [0, 0.1) is 0 Å². The summed E-state index contributed by atoms with van der Waals surface area (Å²) < 4.78 is 37.7. The zero-order valence-corrected chi connectivity index (χ0v) is 10.4. The van der Waals surface area contributed by atoms with E-state index >= 15 is 0 Å². The summed E-state index contributed by atoms with van der Waals surface area (Å²) in [6.07, 6.45) is -3.60. The lowest BCUT2D eigenvalue weighted by Crippen LogP contribution is -2.14. The van der Waals surface area contributed by atoms with Crippen LogP contribution in [-0.2, 0) is 11.2 Å². The number of allylic oxidation sites excluding steroid dienone is 2. The lowest BCUT2D eigenvalue weighted by molar-refractivity contribution is -0.127. The van der Waals surface area contributed by atoms with Crippen LogP contribution in [0.15, 0.2) is 6.08 Å². The molecular formula is C12H15F3N2O. The van der Waals surface area contributed by atoms with Crippen molar-refractivity contribution in [2.24, 2.45) is 0 Å². The first-order valence-electron chi connectivity index (χ1n) is 5.52. The maximum absolute atomic E-state index is 12.6. The van der Waals surface area contributed by atoms with E-state index in [-0.39, 0.29) is 17.2 Å². The molecule has 0 saturated carbocycles. The Morgan fingerprint density at radius 3 is 2.50 bits per heavy atom. The number of carbonyl (C=O) groups is 1. The van der Waals surface area contributed by atoms with Gasteiger partial charge in [-0.1, -0.05) is 13.8 Å². The Bertz CT molecular complexity index is 458. The summed E-state index contributed by atoms with van der Waals surface area (Å²) in [6.45, 7) is 5.14. The average Bonchev–Trinajstić information content (AvgIpc) is 2.59. The van der Waals surface area contributed by atoms with Gasteiger partial charge in [-0.2, -0.15) is 18.3 Å². The minimum atomic E-state index is -4.30. The number of aldehydes is 1. The Labute approximate surface area is 103 Å². The Morgan fingerprint density at radius 2 is 2.06 bits per heavy atom. The Balaban J connectivity index is 3.27. The summed E-state index contributed by atoms with van der Waals surface area (Å²) in [4.78, 5) is 10.4. The topological polar surface area (TPSA) is 45.8 Å². The van der Waals surface area contributed by atoms with E-state index in [4.69, 9.17) is 0 Å². The van der Waals surface area contributed by atoms with E-state index in [0.717, 1.165) is 0 Å². The summed E-state index contributed by atoms with van der Waals surface area (Å²) in [6, 6.07) is 0. The fourth-order valence-electron chi connectivity index (χ4n) is 1.74. The number of carbonyl (C=O) groups excluding carboxylic acids is 1. The second-order valence-electron chi connectivity index (χ2n) is 4.40. The number of aromatic nitrogens is 2. The lowest BCUT2D eigenvalue weighted by Gasteiger charge is -2.11. The molecule has 1 N–H and O–H groups in total. The van der Waals surface area contributed by atoms with Crippen LogP contribution in [-0.4, -0.2) is 22.7 Å². The number of alkyl halides is 3. The van der Waals surface area contributed by atoms with Gasteiger partial charge in [0.05, 0.1) is 12.1 Å². The average molecular weight is 260 g/mol. The van der Waals surface area contributed by atoms with Gasteiger partial charge < -0.3 is 0 Å². The van der Waals surface area contributed by atoms with E-state index in [9.17, 15) is 18.0 Å². The van der Waals surface area contributed by atoms with Crippen molar-refractivity contribution in [2.45, 2.75) is 39.3 Å². The molecule has 18 heavy (non-hydrogen) atoms. The van der Waals surface area contributed by atoms with Crippen LogP contribution in [0.5, 0.6) is 0 Å². The SMILES string of the molecule is C/C(=C\C=O)c1n[nH]c(C(C)C)c1CC(F)(F)F. The first kappa shape index (κ1) is 14.5. The predicted octanol–water partition coefficient (Wildman–Crippen LogP) is 3.24. The molecule has 0 bridgehead atoms. The van der Waals surface area contributed by atoms with Gasteiger partial charge in [0.2, 0.25) is 0 Å². The molecule has 0 aliphatic rings. The molecule has 0 saturated heterocycles. The largest absolute Gasteiger partial charge is 0.393 e. The van der Waals surface area contributed by atoms with E-state index in [1.807, 2.05) is 0 Å². The molecule has 1 aromatic rings. The van der Waals surface area contributed by atoms with Crippen LogP contribution in [0.1, 0.15) is 43.6 Å². The Kier molecular flexibility index (Phi) is 4.32. The van der Waals surface area contributed by atoms with Crippen molar-refractivity contribution in [1.82, 2.24) is 10.2 Å². The molecular weight excluding hydrogens is 245 g/mol. The van der Waals surface area contributed by atoms with Crippen LogP contribution in [0.4, 0.5) is 13.2 Å². The fourth-order valence-corrected chi connectivity index (χ4v) is 1.74. The van der Waals surface area contributed by atoms with Gasteiger partial charge in [-0.05, 0) is 24.5 Å². The number of halogens is 3. The van der Waals surface area contributed by atoms with Gasteiger partial charge in [-0.3, -0.25) is 9.89 Å². The summed E-state index contributed by atoms with van der Waals surface area (Å²) in [7, 11) is 0. The number of hydrogen-bond donors (Lipinski definition) is 1. The molecule has 0 aliphatic carbocycles. The van der Waals surface area contributed by atoms with E-state index in [1.54, 1.807) is 20.8 Å². The van der Waals surface area contributed by atoms with Crippen LogP contribution >= 0.6 is 0 Å². The van der Waals surface area contributed by atoms with Crippen molar-refractivity contribution in [2.75, 3.05) is 0 Å². The first-order chi connectivity index (χ1) is 8.26. The van der Waals surface area contributed by atoms with Crippen LogP contribution in [0.3, 0.4) is 0 Å².